The van der Waals surface area contributed by atoms with Crippen LogP contribution in [0.15, 0.2) is 24.3 Å². The van der Waals surface area contributed by atoms with E-state index in [4.69, 9.17) is 4.74 Å². The molecule has 1 aromatic carbocycles. The number of carbonyl (C=O) groups excluding carboxylic acids is 1. The summed E-state index contributed by atoms with van der Waals surface area (Å²) >= 11 is 0. The zero-order chi connectivity index (χ0) is 24.4. The fourth-order valence-corrected chi connectivity index (χ4v) is 5.92. The first-order valence-electron chi connectivity index (χ1n) is 11.6. The summed E-state index contributed by atoms with van der Waals surface area (Å²) in [6.07, 6.45) is 1.64. The molecule has 1 amide bonds. The second-order valence-corrected chi connectivity index (χ2v) is 12.4. The number of aryl methyl sites for hydroxylation is 1. The van der Waals surface area contributed by atoms with Gasteiger partial charge in [0, 0.05) is 31.3 Å². The average molecular weight is 476 g/mol. The molecule has 0 N–H and O–H groups in total. The second-order valence-electron chi connectivity index (χ2n) is 10.1. The van der Waals surface area contributed by atoms with Crippen molar-refractivity contribution in [3.8, 4) is 5.75 Å². The molecule has 1 fully saturated rings. The Morgan fingerprint density at radius 2 is 1.88 bits per heavy atom. The van der Waals surface area contributed by atoms with E-state index in [0.717, 1.165) is 22.7 Å². The third kappa shape index (κ3) is 6.37. The predicted molar refractivity (Wildman–Crippen MR) is 130 cm³/mol. The number of nitrogens with zero attached hydrogens (tertiary/aromatic N) is 3. The summed E-state index contributed by atoms with van der Waals surface area (Å²) in [5.74, 6) is 1.22. The highest BCUT2D eigenvalue weighted by Crippen LogP contribution is 2.27. The zero-order valence-electron chi connectivity index (χ0n) is 20.7. The van der Waals surface area contributed by atoms with E-state index < -0.39 is 9.84 Å². The topological polar surface area (TPSA) is 81.5 Å². The number of carbonyl (C=O) groups is 1. The zero-order valence-corrected chi connectivity index (χ0v) is 21.5. The van der Waals surface area contributed by atoms with Crippen LogP contribution in [0, 0.1) is 13.8 Å². The number of aromatic nitrogens is 2. The fraction of sp³-hybridized carbons (Fsp3) is 0.600. The lowest BCUT2D eigenvalue weighted by atomic mass is 9.87. The van der Waals surface area contributed by atoms with E-state index in [1.165, 1.54) is 5.56 Å². The molecule has 0 unspecified atom stereocenters. The summed E-state index contributed by atoms with van der Waals surface area (Å²) in [6.45, 7) is 11.4. The van der Waals surface area contributed by atoms with Crippen molar-refractivity contribution in [2.24, 2.45) is 0 Å². The van der Waals surface area contributed by atoms with Crippen LogP contribution in [0.25, 0.3) is 0 Å². The van der Waals surface area contributed by atoms with Gasteiger partial charge < -0.3 is 9.64 Å². The highest BCUT2D eigenvalue weighted by Gasteiger charge is 2.31. The molecule has 33 heavy (non-hydrogen) atoms. The van der Waals surface area contributed by atoms with Crippen LogP contribution in [0.4, 0.5) is 0 Å². The summed E-state index contributed by atoms with van der Waals surface area (Å²) in [5.41, 5.74) is 4.15. The lowest BCUT2D eigenvalue weighted by molar-refractivity contribution is -0.130. The van der Waals surface area contributed by atoms with Crippen LogP contribution in [0.2, 0.25) is 0 Å². The number of ether oxygens (including phenoxy) is 1. The molecular formula is C25H37N3O4S. The minimum Gasteiger partial charge on any atom is -0.494 e. The Morgan fingerprint density at radius 3 is 2.45 bits per heavy atom. The molecule has 1 saturated heterocycles. The van der Waals surface area contributed by atoms with Crippen molar-refractivity contribution in [1.29, 1.82) is 0 Å². The summed E-state index contributed by atoms with van der Waals surface area (Å²) in [4.78, 5) is 14.4. The minimum absolute atomic E-state index is 0.0525. The molecule has 2 heterocycles. The van der Waals surface area contributed by atoms with Crippen molar-refractivity contribution in [3.63, 3.8) is 0 Å². The molecule has 0 radical (unpaired) electrons. The van der Waals surface area contributed by atoms with Crippen LogP contribution in [-0.4, -0.2) is 54.2 Å². The Labute approximate surface area is 198 Å². The van der Waals surface area contributed by atoms with Crippen LogP contribution in [0.1, 0.15) is 68.6 Å². The summed E-state index contributed by atoms with van der Waals surface area (Å²) in [6, 6.07) is 8.01. The normalized spacial score (nSPS) is 17.8. The highest BCUT2D eigenvalue weighted by molar-refractivity contribution is 7.91. The third-order valence-electron chi connectivity index (χ3n) is 6.37. The molecule has 7 nitrogen and oxygen atoms in total. The lowest BCUT2D eigenvalue weighted by Crippen LogP contribution is -2.27. The molecular weight excluding hydrogens is 438 g/mol. The molecule has 1 aliphatic rings. The van der Waals surface area contributed by atoms with E-state index in [0.29, 0.717) is 32.4 Å². The van der Waals surface area contributed by atoms with E-state index in [1.54, 1.807) is 11.9 Å². The second kappa shape index (κ2) is 9.87. The minimum atomic E-state index is -2.98. The van der Waals surface area contributed by atoms with Gasteiger partial charge in [0.15, 0.2) is 9.84 Å². The van der Waals surface area contributed by atoms with E-state index in [9.17, 15) is 13.2 Å². The maximum Gasteiger partial charge on any atom is 0.222 e. The molecule has 182 valence electrons. The lowest BCUT2D eigenvalue weighted by Gasteiger charge is -2.19. The number of rotatable bonds is 8. The van der Waals surface area contributed by atoms with Gasteiger partial charge in [-0.25, -0.2) is 8.42 Å². The van der Waals surface area contributed by atoms with Gasteiger partial charge in [-0.1, -0.05) is 32.9 Å². The van der Waals surface area contributed by atoms with E-state index in [2.05, 4.69) is 38.0 Å². The largest absolute Gasteiger partial charge is 0.494 e. The molecule has 0 saturated carbocycles. The van der Waals surface area contributed by atoms with Crippen LogP contribution >= 0.6 is 0 Å². The number of amides is 1. The van der Waals surface area contributed by atoms with E-state index in [1.807, 2.05) is 30.7 Å². The Hall–Kier alpha value is -2.35. The first-order valence-corrected chi connectivity index (χ1v) is 13.4. The van der Waals surface area contributed by atoms with Crippen LogP contribution in [0.3, 0.4) is 0 Å². The van der Waals surface area contributed by atoms with Gasteiger partial charge in [0.05, 0.1) is 29.8 Å². The van der Waals surface area contributed by atoms with Gasteiger partial charge >= 0.3 is 0 Å². The molecule has 2 aromatic rings. The molecule has 1 aromatic heterocycles. The number of sulfone groups is 1. The van der Waals surface area contributed by atoms with Gasteiger partial charge in [-0.2, -0.15) is 5.10 Å². The molecule has 1 atom stereocenters. The first kappa shape index (κ1) is 25.3. The molecule has 0 bridgehead atoms. The van der Waals surface area contributed by atoms with Gasteiger partial charge in [-0.15, -0.1) is 0 Å². The van der Waals surface area contributed by atoms with E-state index >= 15 is 0 Å². The van der Waals surface area contributed by atoms with E-state index in [-0.39, 0.29) is 28.9 Å². The Kier molecular flexibility index (Phi) is 7.56. The quantitative estimate of drug-likeness (QED) is 0.540. The smallest absolute Gasteiger partial charge is 0.222 e. The first-order chi connectivity index (χ1) is 15.4. The van der Waals surface area contributed by atoms with Gasteiger partial charge in [0.25, 0.3) is 0 Å². The summed E-state index contributed by atoms with van der Waals surface area (Å²) in [7, 11) is -1.18. The Bertz CT molecular complexity index is 1080. The van der Waals surface area contributed by atoms with Crippen molar-refractivity contribution in [3.05, 3.63) is 46.8 Å². The van der Waals surface area contributed by atoms with Crippen LogP contribution < -0.4 is 4.74 Å². The standard InChI is InChI=1S/C25H37N3O4S/c1-18-23(19(2)28(26-18)21-13-15-33(30,31)17-21)16-27(6)24(29)8-7-14-32-22-11-9-20(10-12-22)25(3,4)5/h9-12,21H,7-8,13-17H2,1-6H3/t21-/m1/s1. The van der Waals surface area contributed by atoms with Crippen molar-refractivity contribution in [1.82, 2.24) is 14.7 Å². The SMILES string of the molecule is Cc1nn([C@@H]2CCS(=O)(=O)C2)c(C)c1CN(C)C(=O)CCCOc1ccc(C(C)(C)C)cc1. The highest BCUT2D eigenvalue weighted by atomic mass is 32.2. The molecule has 3 rings (SSSR count). The van der Waals surface area contributed by atoms with Crippen molar-refractivity contribution >= 4 is 15.7 Å². The Balaban J connectivity index is 1.49. The van der Waals surface area contributed by atoms with Crippen molar-refractivity contribution in [2.45, 2.75) is 71.9 Å². The van der Waals surface area contributed by atoms with Gasteiger partial charge in [0.2, 0.25) is 5.91 Å². The molecule has 0 spiro atoms. The summed E-state index contributed by atoms with van der Waals surface area (Å²) in [5, 5.41) is 4.59. The number of benzene rings is 1. The van der Waals surface area contributed by atoms with Gasteiger partial charge in [-0.3, -0.25) is 9.48 Å². The monoisotopic (exact) mass is 475 g/mol. The van der Waals surface area contributed by atoms with Gasteiger partial charge in [0.1, 0.15) is 5.75 Å². The van der Waals surface area contributed by atoms with Gasteiger partial charge in [-0.05, 0) is 49.8 Å². The molecule has 8 heteroatoms. The van der Waals surface area contributed by atoms with Crippen LogP contribution in [0.5, 0.6) is 5.75 Å². The number of hydrogen-bond acceptors (Lipinski definition) is 5. The number of hydrogen-bond donors (Lipinski definition) is 0. The van der Waals surface area contributed by atoms with Crippen molar-refractivity contribution in [2.75, 3.05) is 25.2 Å². The predicted octanol–water partition coefficient (Wildman–Crippen LogP) is 3.97. The molecule has 0 aliphatic carbocycles. The van der Waals surface area contributed by atoms with Crippen molar-refractivity contribution < 1.29 is 17.9 Å². The Morgan fingerprint density at radius 1 is 1.21 bits per heavy atom. The van der Waals surface area contributed by atoms with Crippen LogP contribution in [-0.2, 0) is 26.6 Å². The maximum atomic E-state index is 12.6. The summed E-state index contributed by atoms with van der Waals surface area (Å²) < 4.78 is 31.3. The molecule has 1 aliphatic heterocycles. The maximum absolute atomic E-state index is 12.6. The fourth-order valence-electron chi connectivity index (χ4n) is 4.23. The third-order valence-corrected chi connectivity index (χ3v) is 8.12. The average Bonchev–Trinajstić information content (AvgIpc) is 3.23.